The number of nitrogens with zero attached hydrogens (tertiary/aromatic N) is 3. The number of urea groups is 1. The molecule has 180 valence electrons. The summed E-state index contributed by atoms with van der Waals surface area (Å²) < 4.78 is 1.96. The monoisotopic (exact) mass is 505 g/mol. The lowest BCUT2D eigenvalue weighted by molar-refractivity contribution is 0.251. The van der Waals surface area contributed by atoms with E-state index in [-0.39, 0.29) is 12.6 Å². The van der Waals surface area contributed by atoms with Gasteiger partial charge in [0.1, 0.15) is 0 Å². The van der Waals surface area contributed by atoms with Gasteiger partial charge in [-0.2, -0.15) is 0 Å². The van der Waals surface area contributed by atoms with Gasteiger partial charge in [-0.1, -0.05) is 85.7 Å². The number of rotatable bonds is 8. The summed E-state index contributed by atoms with van der Waals surface area (Å²) in [6.45, 7) is 6.50. The minimum absolute atomic E-state index is 0.209. The highest BCUT2D eigenvalue weighted by Gasteiger charge is 2.17. The molecule has 1 heterocycles. The first-order chi connectivity index (χ1) is 16.9. The van der Waals surface area contributed by atoms with E-state index in [1.165, 1.54) is 11.1 Å². The van der Waals surface area contributed by atoms with E-state index in [1.54, 1.807) is 11.8 Å². The van der Waals surface area contributed by atoms with Crippen molar-refractivity contribution < 1.29 is 4.79 Å². The van der Waals surface area contributed by atoms with Gasteiger partial charge in [0, 0.05) is 16.5 Å². The second-order valence-electron chi connectivity index (χ2n) is 8.52. The van der Waals surface area contributed by atoms with Crippen LogP contribution in [-0.2, 0) is 12.3 Å². The maximum absolute atomic E-state index is 12.6. The van der Waals surface area contributed by atoms with Gasteiger partial charge >= 0.3 is 6.03 Å². The van der Waals surface area contributed by atoms with Crippen LogP contribution in [0.5, 0.6) is 0 Å². The number of carbonyl (C=O) groups excluding carboxylic acids is 1. The zero-order chi connectivity index (χ0) is 24.8. The molecule has 3 aromatic carbocycles. The number of aromatic nitrogens is 3. The Balaban J connectivity index is 1.51. The average Bonchev–Trinajstić information content (AvgIpc) is 3.26. The average molecular weight is 506 g/mol. The van der Waals surface area contributed by atoms with Gasteiger partial charge in [-0.15, -0.1) is 10.2 Å². The molecule has 0 atom stereocenters. The van der Waals surface area contributed by atoms with Crippen LogP contribution >= 0.6 is 23.4 Å². The Kier molecular flexibility index (Phi) is 8.10. The van der Waals surface area contributed by atoms with E-state index in [2.05, 4.69) is 46.8 Å². The molecular weight excluding hydrogens is 478 g/mol. The van der Waals surface area contributed by atoms with Crippen molar-refractivity contribution in [1.82, 2.24) is 20.1 Å². The molecule has 4 rings (SSSR count). The summed E-state index contributed by atoms with van der Waals surface area (Å²) in [5.41, 5.74) is 5.07. The number of aryl methyl sites for hydroxylation is 1. The van der Waals surface area contributed by atoms with Crippen LogP contribution in [0.25, 0.3) is 5.69 Å². The maximum Gasteiger partial charge on any atom is 0.319 e. The molecule has 0 spiro atoms. The van der Waals surface area contributed by atoms with E-state index in [9.17, 15) is 4.79 Å². The van der Waals surface area contributed by atoms with Crippen LogP contribution in [0.3, 0.4) is 0 Å². The number of benzene rings is 3. The molecule has 0 fully saturated rings. The predicted molar refractivity (Wildman–Crippen MR) is 143 cm³/mol. The molecule has 1 aromatic heterocycles. The first kappa shape index (κ1) is 24.8. The van der Waals surface area contributed by atoms with Crippen LogP contribution in [0, 0.1) is 6.92 Å². The molecule has 6 nitrogen and oxygen atoms in total. The summed E-state index contributed by atoms with van der Waals surface area (Å²) in [5.74, 6) is 1.81. The summed E-state index contributed by atoms with van der Waals surface area (Å²) in [4.78, 5) is 12.6. The third-order valence-corrected chi connectivity index (χ3v) is 6.80. The summed E-state index contributed by atoms with van der Waals surface area (Å²) in [6.07, 6.45) is 0. The topological polar surface area (TPSA) is 71.8 Å². The number of carbonyl (C=O) groups is 1. The fraction of sp³-hybridized carbons (Fsp3) is 0.222. The normalized spacial score (nSPS) is 11.0. The summed E-state index contributed by atoms with van der Waals surface area (Å²) >= 11 is 7.91. The second kappa shape index (κ2) is 11.4. The van der Waals surface area contributed by atoms with Crippen LogP contribution < -0.4 is 10.6 Å². The summed E-state index contributed by atoms with van der Waals surface area (Å²) in [5, 5.41) is 16.0. The summed E-state index contributed by atoms with van der Waals surface area (Å²) in [6, 6.07) is 23.5. The number of amides is 2. The minimum atomic E-state index is -0.307. The van der Waals surface area contributed by atoms with Crippen LogP contribution in [0.1, 0.15) is 42.3 Å². The minimum Gasteiger partial charge on any atom is -0.331 e. The lowest BCUT2D eigenvalue weighted by Crippen LogP contribution is -2.29. The number of thioether (sulfide) groups is 1. The van der Waals surface area contributed by atoms with Crippen molar-refractivity contribution in [3.05, 3.63) is 100 Å². The molecule has 8 heteroatoms. The molecule has 0 aliphatic heterocycles. The van der Waals surface area contributed by atoms with E-state index >= 15 is 0 Å². The molecule has 2 amide bonds. The van der Waals surface area contributed by atoms with E-state index in [1.807, 2.05) is 72.2 Å². The van der Waals surface area contributed by atoms with E-state index < -0.39 is 0 Å². The van der Waals surface area contributed by atoms with Crippen LogP contribution in [0.2, 0.25) is 5.02 Å². The number of hydrogen-bond acceptors (Lipinski definition) is 4. The fourth-order valence-electron chi connectivity index (χ4n) is 3.58. The smallest absolute Gasteiger partial charge is 0.319 e. The molecule has 0 radical (unpaired) electrons. The van der Waals surface area contributed by atoms with E-state index in [4.69, 9.17) is 11.6 Å². The SMILES string of the molecule is Cc1ccc(Cl)cc1-n1c(CNC(=O)Nc2ccc(C(C)C)cc2)nnc1SCc1ccccc1. The molecule has 0 aliphatic carbocycles. The van der Waals surface area contributed by atoms with E-state index in [0.29, 0.717) is 16.8 Å². The number of halogens is 1. The Morgan fingerprint density at radius 3 is 2.49 bits per heavy atom. The third-order valence-electron chi connectivity index (χ3n) is 5.57. The first-order valence-corrected chi connectivity index (χ1v) is 12.8. The van der Waals surface area contributed by atoms with Gasteiger partial charge in [0.05, 0.1) is 12.2 Å². The van der Waals surface area contributed by atoms with Crippen molar-refractivity contribution in [1.29, 1.82) is 0 Å². The molecule has 2 N–H and O–H groups in total. The molecular formula is C27H28ClN5OS. The molecule has 0 unspecified atom stereocenters. The third kappa shape index (κ3) is 6.44. The van der Waals surface area contributed by atoms with Crippen LogP contribution in [0.15, 0.2) is 78.0 Å². The van der Waals surface area contributed by atoms with Gasteiger partial charge in [-0.3, -0.25) is 4.57 Å². The Labute approximate surface area is 215 Å². The molecule has 0 aliphatic rings. The quantitative estimate of drug-likeness (QED) is 0.254. The van der Waals surface area contributed by atoms with E-state index in [0.717, 1.165) is 27.8 Å². The van der Waals surface area contributed by atoms with Crippen molar-refractivity contribution in [3.63, 3.8) is 0 Å². The van der Waals surface area contributed by atoms with Crippen molar-refractivity contribution >= 4 is 35.1 Å². The number of hydrogen-bond donors (Lipinski definition) is 2. The van der Waals surface area contributed by atoms with Gasteiger partial charge in [0.25, 0.3) is 0 Å². The molecule has 0 bridgehead atoms. The van der Waals surface area contributed by atoms with Gasteiger partial charge in [0.2, 0.25) is 0 Å². The number of nitrogens with one attached hydrogen (secondary N) is 2. The maximum atomic E-state index is 12.6. The highest BCUT2D eigenvalue weighted by Crippen LogP contribution is 2.28. The molecule has 0 saturated heterocycles. The Bertz CT molecular complexity index is 1290. The Hall–Kier alpha value is -3.29. The largest absolute Gasteiger partial charge is 0.331 e. The van der Waals surface area contributed by atoms with Crippen LogP contribution in [-0.4, -0.2) is 20.8 Å². The lowest BCUT2D eigenvalue weighted by atomic mass is 10.0. The highest BCUT2D eigenvalue weighted by molar-refractivity contribution is 7.98. The standard InChI is InChI=1S/C27H28ClN5OS/c1-18(2)21-10-13-23(14-11-21)30-26(34)29-16-25-31-32-27(35-17-20-7-5-4-6-8-20)33(25)24-15-22(28)12-9-19(24)3/h4-15,18H,16-17H2,1-3H3,(H2,29,30,34). The van der Waals surface area contributed by atoms with Gasteiger partial charge < -0.3 is 10.6 Å². The van der Waals surface area contributed by atoms with Gasteiger partial charge in [0.15, 0.2) is 11.0 Å². The highest BCUT2D eigenvalue weighted by atomic mass is 35.5. The van der Waals surface area contributed by atoms with Crippen molar-refractivity contribution in [2.24, 2.45) is 0 Å². The second-order valence-corrected chi connectivity index (χ2v) is 9.90. The zero-order valence-electron chi connectivity index (χ0n) is 20.0. The summed E-state index contributed by atoms with van der Waals surface area (Å²) in [7, 11) is 0. The van der Waals surface area contributed by atoms with Crippen LogP contribution in [0.4, 0.5) is 10.5 Å². The molecule has 4 aromatic rings. The Morgan fingerprint density at radius 2 is 1.77 bits per heavy atom. The van der Waals surface area contributed by atoms with Crippen molar-refractivity contribution in [2.75, 3.05) is 5.32 Å². The van der Waals surface area contributed by atoms with Crippen molar-refractivity contribution in [3.8, 4) is 5.69 Å². The molecule has 35 heavy (non-hydrogen) atoms. The van der Waals surface area contributed by atoms with Crippen molar-refractivity contribution in [2.45, 2.75) is 44.1 Å². The molecule has 0 saturated carbocycles. The Morgan fingerprint density at radius 1 is 1.03 bits per heavy atom. The number of anilines is 1. The fourth-order valence-corrected chi connectivity index (χ4v) is 4.67. The first-order valence-electron chi connectivity index (χ1n) is 11.4. The predicted octanol–water partition coefficient (Wildman–Crippen LogP) is 6.97. The zero-order valence-corrected chi connectivity index (χ0v) is 21.5. The van der Waals surface area contributed by atoms with Gasteiger partial charge in [-0.05, 0) is 53.8 Å². The lowest BCUT2D eigenvalue weighted by Gasteiger charge is -2.14. The van der Waals surface area contributed by atoms with Gasteiger partial charge in [-0.25, -0.2) is 4.79 Å².